The Labute approximate surface area is 88.7 Å². The van der Waals surface area contributed by atoms with E-state index in [1.54, 1.807) is 6.07 Å². The Bertz CT molecular complexity index is 517. The van der Waals surface area contributed by atoms with Crippen LogP contribution < -0.4 is 5.73 Å². The first-order valence-electron chi connectivity index (χ1n) is 5.04. The molecule has 0 spiro atoms. The number of hydrogen-bond acceptors (Lipinski definition) is 2. The summed E-state index contributed by atoms with van der Waals surface area (Å²) in [4.78, 5) is 11.8. The summed E-state index contributed by atoms with van der Waals surface area (Å²) < 4.78 is 0. The monoisotopic (exact) mass is 199 g/mol. The minimum absolute atomic E-state index is 0.101. The minimum Gasteiger partial charge on any atom is -0.398 e. The number of nitrogens with two attached hydrogens (primary N) is 1. The average Bonchev–Trinajstić information content (AvgIpc) is 2.28. The van der Waals surface area contributed by atoms with Crippen LogP contribution >= 0.6 is 0 Å². The lowest BCUT2D eigenvalue weighted by molar-refractivity contribution is 0.0990. The van der Waals surface area contributed by atoms with Crippen LogP contribution in [-0.4, -0.2) is 5.78 Å². The zero-order valence-corrected chi connectivity index (χ0v) is 8.66. The predicted octanol–water partition coefficient (Wildman–Crippen LogP) is 3.01. The van der Waals surface area contributed by atoms with E-state index in [9.17, 15) is 4.79 Å². The first kappa shape index (κ1) is 9.71. The number of carbonyl (C=O) groups is 1. The molecule has 0 amide bonds. The van der Waals surface area contributed by atoms with Crippen LogP contribution in [0.4, 0.5) is 5.69 Å². The van der Waals surface area contributed by atoms with E-state index in [1.165, 1.54) is 0 Å². The molecule has 2 N–H and O–H groups in total. The smallest absolute Gasteiger partial charge is 0.165 e. The molecule has 0 fully saturated rings. The Kier molecular flexibility index (Phi) is 2.42. The average molecular weight is 199 g/mol. The molecule has 0 radical (unpaired) electrons. The van der Waals surface area contributed by atoms with Crippen LogP contribution in [0.3, 0.4) is 0 Å². The summed E-state index contributed by atoms with van der Waals surface area (Å²) in [5.41, 5.74) is 7.07. The van der Waals surface area contributed by atoms with E-state index in [1.807, 2.05) is 37.3 Å². The molecule has 2 nitrogen and oxygen atoms in total. The predicted molar refractivity (Wildman–Crippen MR) is 63.0 cm³/mol. The lowest BCUT2D eigenvalue weighted by atomic mass is 9.98. The van der Waals surface area contributed by atoms with Gasteiger partial charge in [-0.1, -0.05) is 37.3 Å². The standard InChI is InChI=1S/C13H13NO/c1-2-12(15)13-10-6-4-3-5-9(10)7-8-11(13)14/h3-8H,2,14H2,1H3. The zero-order valence-electron chi connectivity index (χ0n) is 8.66. The van der Waals surface area contributed by atoms with Gasteiger partial charge in [0.15, 0.2) is 5.78 Å². The number of carbonyl (C=O) groups excluding carboxylic acids is 1. The maximum Gasteiger partial charge on any atom is 0.165 e. The Balaban J connectivity index is 2.79. The number of Topliss-reactive ketones (excluding diaryl/α,β-unsaturated/α-hetero) is 1. The summed E-state index contributed by atoms with van der Waals surface area (Å²) >= 11 is 0. The Hall–Kier alpha value is -1.83. The molecule has 15 heavy (non-hydrogen) atoms. The van der Waals surface area contributed by atoms with Gasteiger partial charge in [0.25, 0.3) is 0 Å². The molecule has 0 saturated heterocycles. The molecule has 0 aliphatic heterocycles. The summed E-state index contributed by atoms with van der Waals surface area (Å²) in [5, 5.41) is 2.01. The van der Waals surface area contributed by atoms with Gasteiger partial charge in [-0.3, -0.25) is 4.79 Å². The van der Waals surface area contributed by atoms with Crippen LogP contribution in [0, 0.1) is 0 Å². The van der Waals surface area contributed by atoms with Crippen molar-refractivity contribution in [2.75, 3.05) is 5.73 Å². The van der Waals surface area contributed by atoms with Crippen LogP contribution in [-0.2, 0) is 0 Å². The van der Waals surface area contributed by atoms with Crippen molar-refractivity contribution in [3.63, 3.8) is 0 Å². The number of fused-ring (bicyclic) bond motifs is 1. The number of nitrogen functional groups attached to an aromatic ring is 1. The van der Waals surface area contributed by atoms with Gasteiger partial charge >= 0.3 is 0 Å². The summed E-state index contributed by atoms with van der Waals surface area (Å²) in [7, 11) is 0. The van der Waals surface area contributed by atoms with Crippen molar-refractivity contribution < 1.29 is 4.79 Å². The first-order chi connectivity index (χ1) is 7.24. The highest BCUT2D eigenvalue weighted by molar-refractivity contribution is 6.12. The van der Waals surface area contributed by atoms with Crippen molar-refractivity contribution in [3.05, 3.63) is 42.0 Å². The fourth-order valence-corrected chi connectivity index (χ4v) is 1.78. The molecule has 76 valence electrons. The number of benzene rings is 2. The van der Waals surface area contributed by atoms with Crippen molar-refractivity contribution in [2.45, 2.75) is 13.3 Å². The summed E-state index contributed by atoms with van der Waals surface area (Å²) in [6.07, 6.45) is 0.484. The van der Waals surface area contributed by atoms with Crippen molar-refractivity contribution >= 4 is 22.2 Å². The Morgan fingerprint density at radius 1 is 1.20 bits per heavy atom. The molecule has 2 rings (SSSR count). The van der Waals surface area contributed by atoms with E-state index >= 15 is 0 Å². The molecule has 2 heteroatoms. The van der Waals surface area contributed by atoms with Crippen LogP contribution in [0.25, 0.3) is 10.8 Å². The molecule has 2 aromatic carbocycles. The fraction of sp³-hybridized carbons (Fsp3) is 0.154. The molecule has 0 bridgehead atoms. The molecule has 2 aromatic rings. The summed E-state index contributed by atoms with van der Waals surface area (Å²) in [6, 6.07) is 11.5. The molecule has 0 heterocycles. The van der Waals surface area contributed by atoms with Gasteiger partial charge in [-0.15, -0.1) is 0 Å². The number of rotatable bonds is 2. The van der Waals surface area contributed by atoms with E-state index in [2.05, 4.69) is 0 Å². The highest BCUT2D eigenvalue weighted by Crippen LogP contribution is 2.25. The third kappa shape index (κ3) is 1.59. The minimum atomic E-state index is 0.101. The van der Waals surface area contributed by atoms with E-state index in [4.69, 9.17) is 5.73 Å². The molecule has 0 unspecified atom stereocenters. The first-order valence-corrected chi connectivity index (χ1v) is 5.04. The summed E-state index contributed by atoms with van der Waals surface area (Å²) in [6.45, 7) is 1.85. The van der Waals surface area contributed by atoms with Gasteiger partial charge in [-0.05, 0) is 16.8 Å². The third-order valence-electron chi connectivity index (χ3n) is 2.56. The van der Waals surface area contributed by atoms with Gasteiger partial charge in [0.1, 0.15) is 0 Å². The number of hydrogen-bond donors (Lipinski definition) is 1. The van der Waals surface area contributed by atoms with Crippen LogP contribution in [0.5, 0.6) is 0 Å². The van der Waals surface area contributed by atoms with Gasteiger partial charge in [-0.2, -0.15) is 0 Å². The lowest BCUT2D eigenvalue weighted by Crippen LogP contribution is -2.03. The largest absolute Gasteiger partial charge is 0.398 e. The maximum absolute atomic E-state index is 11.8. The van der Waals surface area contributed by atoms with Crippen molar-refractivity contribution in [1.29, 1.82) is 0 Å². The second-order valence-corrected chi connectivity index (χ2v) is 3.53. The van der Waals surface area contributed by atoms with Gasteiger partial charge in [0.2, 0.25) is 0 Å². The van der Waals surface area contributed by atoms with Gasteiger partial charge in [0, 0.05) is 17.7 Å². The zero-order chi connectivity index (χ0) is 10.8. The molecular formula is C13H13NO. The lowest BCUT2D eigenvalue weighted by Gasteiger charge is -2.07. The van der Waals surface area contributed by atoms with E-state index < -0.39 is 0 Å². The third-order valence-corrected chi connectivity index (χ3v) is 2.56. The van der Waals surface area contributed by atoms with Crippen LogP contribution in [0.15, 0.2) is 36.4 Å². The quantitative estimate of drug-likeness (QED) is 0.596. The van der Waals surface area contributed by atoms with Crippen molar-refractivity contribution in [1.82, 2.24) is 0 Å². The molecule has 0 atom stereocenters. The number of anilines is 1. The maximum atomic E-state index is 11.8. The van der Waals surface area contributed by atoms with E-state index in [0.717, 1.165) is 10.8 Å². The van der Waals surface area contributed by atoms with Gasteiger partial charge in [0.05, 0.1) is 0 Å². The molecule has 0 saturated carbocycles. The van der Waals surface area contributed by atoms with Crippen LogP contribution in [0.1, 0.15) is 23.7 Å². The highest BCUT2D eigenvalue weighted by atomic mass is 16.1. The van der Waals surface area contributed by atoms with Gasteiger partial charge < -0.3 is 5.73 Å². The SMILES string of the molecule is CCC(=O)c1c(N)ccc2ccccc12. The number of ketones is 1. The Morgan fingerprint density at radius 2 is 1.93 bits per heavy atom. The van der Waals surface area contributed by atoms with E-state index in [0.29, 0.717) is 17.7 Å². The Morgan fingerprint density at radius 3 is 2.67 bits per heavy atom. The van der Waals surface area contributed by atoms with Crippen molar-refractivity contribution in [3.8, 4) is 0 Å². The highest BCUT2D eigenvalue weighted by Gasteiger charge is 2.11. The summed E-state index contributed by atoms with van der Waals surface area (Å²) in [5.74, 6) is 0.101. The second kappa shape index (κ2) is 3.73. The molecule has 0 aliphatic rings. The van der Waals surface area contributed by atoms with E-state index in [-0.39, 0.29) is 5.78 Å². The van der Waals surface area contributed by atoms with Crippen molar-refractivity contribution in [2.24, 2.45) is 0 Å². The molecular weight excluding hydrogens is 186 g/mol. The molecule has 0 aromatic heterocycles. The fourth-order valence-electron chi connectivity index (χ4n) is 1.78. The molecule has 0 aliphatic carbocycles. The topological polar surface area (TPSA) is 43.1 Å². The second-order valence-electron chi connectivity index (χ2n) is 3.53. The van der Waals surface area contributed by atoms with Crippen LogP contribution in [0.2, 0.25) is 0 Å². The normalized spacial score (nSPS) is 10.5. The van der Waals surface area contributed by atoms with Gasteiger partial charge in [-0.25, -0.2) is 0 Å².